The predicted molar refractivity (Wildman–Crippen MR) is 71.4 cm³/mol. The molecule has 0 amide bonds. The third-order valence-corrected chi connectivity index (χ3v) is 6.27. The van der Waals surface area contributed by atoms with Gasteiger partial charge in [-0.2, -0.15) is 0 Å². The number of aliphatic hydroxyl groups is 1. The fourth-order valence-electron chi connectivity index (χ4n) is 5.19. The number of epoxide rings is 1. The molecule has 5 aliphatic rings. The van der Waals surface area contributed by atoms with Crippen molar-refractivity contribution in [2.24, 2.45) is 16.7 Å². The first-order valence-electron chi connectivity index (χ1n) is 7.53. The van der Waals surface area contributed by atoms with Gasteiger partial charge in [0.05, 0.1) is 12.2 Å². The minimum absolute atomic E-state index is 0.192. The summed E-state index contributed by atoms with van der Waals surface area (Å²) in [5.74, 6) is -1.01. The van der Waals surface area contributed by atoms with Crippen molar-refractivity contribution in [3.63, 3.8) is 0 Å². The SMILES string of the molecule is CC12C(=O)OC3C=C4COC(=O)C=C4C(C)(C4OC4C1O)C32. The zero-order valence-electron chi connectivity index (χ0n) is 12.2. The standard InChI is InChI=1S/C16H16O6/c1-15-7-4-9(17)20-5-6(7)3-8-11(15)16(2,14(19)21-8)12(18)10-13(15)22-10/h3-4,8,10-13,18H,5H2,1-2H3. The lowest BCUT2D eigenvalue weighted by Gasteiger charge is -2.51. The number of rotatable bonds is 0. The zero-order valence-corrected chi connectivity index (χ0v) is 12.2. The topological polar surface area (TPSA) is 85.4 Å². The van der Waals surface area contributed by atoms with Crippen LogP contribution < -0.4 is 0 Å². The Morgan fingerprint density at radius 3 is 2.82 bits per heavy atom. The molecule has 7 atom stereocenters. The predicted octanol–water partition coefficient (Wildman–Crippen LogP) is 0.106. The minimum atomic E-state index is -1.01. The van der Waals surface area contributed by atoms with Gasteiger partial charge < -0.3 is 19.3 Å². The monoisotopic (exact) mass is 304 g/mol. The molecule has 0 bridgehead atoms. The van der Waals surface area contributed by atoms with Gasteiger partial charge in [0.1, 0.15) is 24.2 Å². The molecule has 0 aromatic rings. The van der Waals surface area contributed by atoms with Crippen LogP contribution in [0.1, 0.15) is 13.8 Å². The highest BCUT2D eigenvalue weighted by Crippen LogP contribution is 2.68. The summed E-state index contributed by atoms with van der Waals surface area (Å²) in [5, 5.41) is 10.6. The van der Waals surface area contributed by atoms with E-state index in [1.807, 2.05) is 13.0 Å². The van der Waals surface area contributed by atoms with Crippen LogP contribution >= 0.6 is 0 Å². The Hall–Kier alpha value is -1.66. The zero-order chi connectivity index (χ0) is 15.4. The van der Waals surface area contributed by atoms with Crippen LogP contribution in [0.15, 0.2) is 23.3 Å². The van der Waals surface area contributed by atoms with Crippen molar-refractivity contribution >= 4 is 11.9 Å². The van der Waals surface area contributed by atoms with Crippen molar-refractivity contribution in [3.05, 3.63) is 23.3 Å². The van der Waals surface area contributed by atoms with Crippen LogP contribution in [-0.4, -0.2) is 48.1 Å². The van der Waals surface area contributed by atoms with Crippen LogP contribution in [0, 0.1) is 16.7 Å². The maximum absolute atomic E-state index is 12.5. The number of ether oxygens (including phenoxy) is 3. The third kappa shape index (κ3) is 1.15. The van der Waals surface area contributed by atoms with Crippen molar-refractivity contribution in [2.75, 3.05) is 6.61 Å². The molecule has 5 rings (SSSR count). The van der Waals surface area contributed by atoms with E-state index in [4.69, 9.17) is 14.2 Å². The Morgan fingerprint density at radius 2 is 2.05 bits per heavy atom. The van der Waals surface area contributed by atoms with Crippen LogP contribution in [0.2, 0.25) is 0 Å². The molecule has 0 radical (unpaired) electrons. The number of carbonyl (C=O) groups is 2. The van der Waals surface area contributed by atoms with E-state index < -0.39 is 29.0 Å². The second kappa shape index (κ2) is 3.46. The molecule has 22 heavy (non-hydrogen) atoms. The fraction of sp³-hybridized carbons (Fsp3) is 0.625. The molecule has 3 heterocycles. The summed E-state index contributed by atoms with van der Waals surface area (Å²) in [6, 6.07) is 0. The van der Waals surface area contributed by atoms with Crippen LogP contribution in [0.4, 0.5) is 0 Å². The van der Waals surface area contributed by atoms with E-state index in [1.165, 1.54) is 6.08 Å². The highest BCUT2D eigenvalue weighted by atomic mass is 16.6. The average Bonchev–Trinajstić information content (AvgIpc) is 3.22. The number of esters is 2. The third-order valence-electron chi connectivity index (χ3n) is 6.27. The van der Waals surface area contributed by atoms with Crippen molar-refractivity contribution in [1.82, 2.24) is 0 Å². The van der Waals surface area contributed by atoms with E-state index in [9.17, 15) is 14.7 Å². The van der Waals surface area contributed by atoms with Crippen LogP contribution in [0.25, 0.3) is 0 Å². The number of fused-ring (bicyclic) bond motifs is 4. The molecule has 116 valence electrons. The molecule has 1 N–H and O–H groups in total. The molecule has 0 aromatic carbocycles. The molecule has 6 nitrogen and oxygen atoms in total. The first-order chi connectivity index (χ1) is 10.4. The first kappa shape index (κ1) is 12.8. The number of hydrogen-bond acceptors (Lipinski definition) is 6. The summed E-state index contributed by atoms with van der Waals surface area (Å²) in [6.07, 6.45) is 1.51. The molecule has 0 aromatic heterocycles. The molecule has 6 heteroatoms. The van der Waals surface area contributed by atoms with E-state index in [1.54, 1.807) is 6.92 Å². The molecule has 0 spiro atoms. The van der Waals surface area contributed by atoms with E-state index in [2.05, 4.69) is 0 Å². The van der Waals surface area contributed by atoms with Crippen molar-refractivity contribution < 1.29 is 28.9 Å². The van der Waals surface area contributed by atoms with Crippen LogP contribution in [0.5, 0.6) is 0 Å². The first-order valence-corrected chi connectivity index (χ1v) is 7.53. The maximum Gasteiger partial charge on any atom is 0.331 e. The van der Waals surface area contributed by atoms with E-state index in [0.29, 0.717) is 0 Å². The lowest BCUT2D eigenvalue weighted by molar-refractivity contribution is -0.154. The summed E-state index contributed by atoms with van der Waals surface area (Å²) in [5.41, 5.74) is 0.209. The Labute approximate surface area is 126 Å². The smallest absolute Gasteiger partial charge is 0.331 e. The quantitative estimate of drug-likeness (QED) is 0.505. The van der Waals surface area contributed by atoms with Crippen molar-refractivity contribution in [1.29, 1.82) is 0 Å². The number of aliphatic hydroxyl groups excluding tert-OH is 1. The van der Waals surface area contributed by atoms with Gasteiger partial charge in [-0.15, -0.1) is 0 Å². The Balaban J connectivity index is 1.78. The molecule has 2 aliphatic carbocycles. The summed E-state index contributed by atoms with van der Waals surface area (Å²) < 4.78 is 16.4. The summed E-state index contributed by atoms with van der Waals surface area (Å²) >= 11 is 0. The highest BCUT2D eigenvalue weighted by molar-refractivity contribution is 5.87. The summed E-state index contributed by atoms with van der Waals surface area (Å²) in [7, 11) is 0. The van der Waals surface area contributed by atoms with E-state index in [0.717, 1.165) is 11.1 Å². The Kier molecular flexibility index (Phi) is 2.02. The van der Waals surface area contributed by atoms with Gasteiger partial charge in [-0.25, -0.2) is 4.79 Å². The summed E-state index contributed by atoms with van der Waals surface area (Å²) in [4.78, 5) is 24.2. The van der Waals surface area contributed by atoms with Crippen LogP contribution in [-0.2, 0) is 23.8 Å². The normalized spacial score (nSPS) is 54.2. The van der Waals surface area contributed by atoms with Gasteiger partial charge in [-0.05, 0) is 24.1 Å². The number of carbonyl (C=O) groups excluding carboxylic acids is 2. The van der Waals surface area contributed by atoms with Gasteiger partial charge >= 0.3 is 11.9 Å². The van der Waals surface area contributed by atoms with Gasteiger partial charge in [0.25, 0.3) is 0 Å². The van der Waals surface area contributed by atoms with Gasteiger partial charge in [0.2, 0.25) is 0 Å². The van der Waals surface area contributed by atoms with E-state index in [-0.39, 0.29) is 30.7 Å². The lowest BCUT2D eigenvalue weighted by atomic mass is 9.49. The fourth-order valence-corrected chi connectivity index (χ4v) is 5.19. The molecular weight excluding hydrogens is 288 g/mol. The highest BCUT2D eigenvalue weighted by Gasteiger charge is 2.78. The Bertz CT molecular complexity index is 693. The van der Waals surface area contributed by atoms with Crippen molar-refractivity contribution in [3.8, 4) is 0 Å². The van der Waals surface area contributed by atoms with Gasteiger partial charge in [-0.3, -0.25) is 4.79 Å². The minimum Gasteiger partial charge on any atom is -0.458 e. The maximum atomic E-state index is 12.5. The van der Waals surface area contributed by atoms with Crippen molar-refractivity contribution in [2.45, 2.75) is 38.3 Å². The lowest BCUT2D eigenvalue weighted by Crippen LogP contribution is -2.60. The molecule has 1 saturated carbocycles. The van der Waals surface area contributed by atoms with E-state index >= 15 is 0 Å². The van der Waals surface area contributed by atoms with Gasteiger partial charge in [0, 0.05) is 17.4 Å². The molecule has 2 saturated heterocycles. The summed E-state index contributed by atoms with van der Waals surface area (Å²) in [6.45, 7) is 3.96. The average molecular weight is 304 g/mol. The van der Waals surface area contributed by atoms with Gasteiger partial charge in [0.15, 0.2) is 0 Å². The molecular formula is C16H16O6. The molecule has 3 aliphatic heterocycles. The molecule has 3 fully saturated rings. The molecule has 7 unspecified atom stereocenters. The number of hydrogen-bond donors (Lipinski definition) is 1. The Morgan fingerprint density at radius 1 is 1.27 bits per heavy atom. The number of cyclic esters (lactones) is 1. The van der Waals surface area contributed by atoms with Gasteiger partial charge in [-0.1, -0.05) is 6.92 Å². The second-order valence-corrected chi connectivity index (χ2v) is 7.24. The largest absolute Gasteiger partial charge is 0.458 e. The second-order valence-electron chi connectivity index (χ2n) is 7.24. The van der Waals surface area contributed by atoms with Crippen LogP contribution in [0.3, 0.4) is 0 Å².